The molecule has 2 N–H and O–H groups in total. The summed E-state index contributed by atoms with van der Waals surface area (Å²) >= 11 is 1.77. The fourth-order valence-electron chi connectivity index (χ4n) is 2.42. The van der Waals surface area contributed by atoms with E-state index in [1.54, 1.807) is 11.8 Å². The molecule has 20 heavy (non-hydrogen) atoms. The molecule has 0 saturated heterocycles. The molecule has 2 heterocycles. The molecule has 2 fully saturated rings. The van der Waals surface area contributed by atoms with Gasteiger partial charge in [-0.05, 0) is 31.7 Å². The number of rotatable bonds is 6. The first-order valence-corrected chi connectivity index (χ1v) is 8.16. The summed E-state index contributed by atoms with van der Waals surface area (Å²) in [4.78, 5) is 0. The van der Waals surface area contributed by atoms with Gasteiger partial charge in [0.05, 0.1) is 6.54 Å². The van der Waals surface area contributed by atoms with Gasteiger partial charge in [-0.3, -0.25) is 4.68 Å². The van der Waals surface area contributed by atoms with Crippen LogP contribution in [0.1, 0.15) is 43.5 Å². The predicted molar refractivity (Wildman–Crippen MR) is 77.6 cm³/mol. The topological polar surface area (TPSA) is 74.6 Å². The van der Waals surface area contributed by atoms with E-state index in [9.17, 15) is 0 Å². The molecule has 0 bridgehead atoms. The van der Waals surface area contributed by atoms with E-state index >= 15 is 0 Å². The molecule has 0 unspecified atom stereocenters. The second-order valence-electron chi connectivity index (χ2n) is 5.57. The van der Waals surface area contributed by atoms with Gasteiger partial charge in [-0.25, -0.2) is 0 Å². The Morgan fingerprint density at radius 3 is 2.75 bits per heavy atom. The highest BCUT2D eigenvalue weighted by Crippen LogP contribution is 2.45. The number of aryl methyl sites for hydroxylation is 1. The molecule has 0 amide bonds. The van der Waals surface area contributed by atoms with Crippen LogP contribution in [0.15, 0.2) is 17.4 Å². The van der Waals surface area contributed by atoms with Gasteiger partial charge in [0, 0.05) is 23.9 Å². The van der Waals surface area contributed by atoms with Crippen LogP contribution in [0.4, 0.5) is 5.82 Å². The molecule has 106 valence electrons. The smallest absolute Gasteiger partial charge is 0.191 e. The van der Waals surface area contributed by atoms with E-state index in [1.807, 2.05) is 16.9 Å². The Morgan fingerprint density at radius 2 is 2.10 bits per heavy atom. The van der Waals surface area contributed by atoms with Crippen molar-refractivity contribution >= 4 is 17.6 Å². The molecule has 2 aliphatic rings. The molecule has 2 aliphatic carbocycles. The van der Waals surface area contributed by atoms with E-state index in [2.05, 4.69) is 19.9 Å². The van der Waals surface area contributed by atoms with Crippen LogP contribution in [-0.4, -0.2) is 30.3 Å². The first-order valence-electron chi connectivity index (χ1n) is 7.18. The maximum Gasteiger partial charge on any atom is 0.191 e. The van der Waals surface area contributed by atoms with Crippen LogP contribution < -0.4 is 5.73 Å². The zero-order chi connectivity index (χ0) is 13.5. The quantitative estimate of drug-likeness (QED) is 0.824. The average molecular weight is 290 g/mol. The lowest BCUT2D eigenvalue weighted by Gasteiger charge is -2.07. The van der Waals surface area contributed by atoms with Crippen molar-refractivity contribution in [3.8, 4) is 0 Å². The summed E-state index contributed by atoms with van der Waals surface area (Å²) in [6, 6.07) is 2.48. The number of nitrogen functional groups attached to an aromatic ring is 1. The summed E-state index contributed by atoms with van der Waals surface area (Å²) < 4.78 is 4.27. The van der Waals surface area contributed by atoms with Gasteiger partial charge in [0.15, 0.2) is 5.16 Å². The highest BCUT2D eigenvalue weighted by molar-refractivity contribution is 7.99. The highest BCUT2D eigenvalue weighted by atomic mass is 32.2. The van der Waals surface area contributed by atoms with Crippen LogP contribution in [0.3, 0.4) is 0 Å². The van der Waals surface area contributed by atoms with Crippen LogP contribution >= 0.6 is 11.8 Å². The molecule has 0 spiro atoms. The number of nitrogens with two attached hydrogens (primary N) is 1. The van der Waals surface area contributed by atoms with E-state index < -0.39 is 0 Å². The van der Waals surface area contributed by atoms with Gasteiger partial charge in [-0.1, -0.05) is 11.8 Å². The second-order valence-corrected chi connectivity index (χ2v) is 6.63. The van der Waals surface area contributed by atoms with Gasteiger partial charge in [0.1, 0.15) is 11.6 Å². The Labute approximate surface area is 121 Å². The summed E-state index contributed by atoms with van der Waals surface area (Å²) in [5, 5.41) is 14.1. The van der Waals surface area contributed by atoms with E-state index in [0.29, 0.717) is 17.8 Å². The van der Waals surface area contributed by atoms with Gasteiger partial charge in [0.25, 0.3) is 0 Å². The predicted octanol–water partition coefficient (Wildman–Crippen LogP) is 2.06. The molecule has 4 rings (SSSR count). The third-order valence-corrected chi connectivity index (χ3v) is 4.68. The van der Waals surface area contributed by atoms with Crippen molar-refractivity contribution in [1.29, 1.82) is 0 Å². The first kappa shape index (κ1) is 12.3. The molecule has 0 atom stereocenters. The van der Waals surface area contributed by atoms with Gasteiger partial charge in [-0.2, -0.15) is 5.10 Å². The minimum absolute atomic E-state index is 0.576. The van der Waals surface area contributed by atoms with Crippen molar-refractivity contribution in [2.75, 3.05) is 11.5 Å². The molecular formula is C13H18N6S. The van der Waals surface area contributed by atoms with Gasteiger partial charge < -0.3 is 10.3 Å². The van der Waals surface area contributed by atoms with Crippen LogP contribution in [0.5, 0.6) is 0 Å². The molecule has 2 aromatic rings. The molecular weight excluding hydrogens is 272 g/mol. The summed E-state index contributed by atoms with van der Waals surface area (Å²) in [6.45, 7) is 0.845. The van der Waals surface area contributed by atoms with E-state index in [-0.39, 0.29) is 0 Å². The Morgan fingerprint density at radius 1 is 1.25 bits per heavy atom. The van der Waals surface area contributed by atoms with Crippen LogP contribution in [0.2, 0.25) is 0 Å². The van der Waals surface area contributed by atoms with Gasteiger partial charge in [-0.15, -0.1) is 10.2 Å². The lowest BCUT2D eigenvalue weighted by atomic mass is 10.4. The summed E-state index contributed by atoms with van der Waals surface area (Å²) in [5.41, 5.74) is 5.61. The SMILES string of the molecule is Nc1ccn(CCSc2nnc(C3CC3)n2C2CC2)n1. The van der Waals surface area contributed by atoms with Crippen molar-refractivity contribution in [2.45, 2.75) is 49.3 Å². The zero-order valence-electron chi connectivity index (χ0n) is 11.3. The van der Waals surface area contributed by atoms with Crippen molar-refractivity contribution < 1.29 is 0 Å². The van der Waals surface area contributed by atoms with E-state index in [0.717, 1.165) is 17.5 Å². The lowest BCUT2D eigenvalue weighted by molar-refractivity contribution is 0.624. The summed E-state index contributed by atoms with van der Waals surface area (Å²) in [7, 11) is 0. The number of aromatic nitrogens is 5. The Bertz CT molecular complexity index is 610. The largest absolute Gasteiger partial charge is 0.382 e. The molecule has 6 nitrogen and oxygen atoms in total. The lowest BCUT2D eigenvalue weighted by Crippen LogP contribution is -2.05. The minimum atomic E-state index is 0.576. The number of hydrogen-bond acceptors (Lipinski definition) is 5. The average Bonchev–Trinajstić information content (AvgIpc) is 3.36. The molecule has 7 heteroatoms. The Balaban J connectivity index is 1.43. The Hall–Kier alpha value is -1.50. The minimum Gasteiger partial charge on any atom is -0.382 e. The Kier molecular flexibility index (Phi) is 2.94. The zero-order valence-corrected chi connectivity index (χ0v) is 12.1. The monoisotopic (exact) mass is 290 g/mol. The summed E-state index contributed by atoms with van der Waals surface area (Å²) in [6.07, 6.45) is 7.03. The number of nitrogens with zero attached hydrogens (tertiary/aromatic N) is 5. The third-order valence-electron chi connectivity index (χ3n) is 3.76. The summed E-state index contributed by atoms with van der Waals surface area (Å²) in [5.74, 6) is 3.41. The maximum atomic E-state index is 5.61. The fraction of sp³-hybridized carbons (Fsp3) is 0.615. The normalized spacial score (nSPS) is 18.6. The van der Waals surface area contributed by atoms with Gasteiger partial charge >= 0.3 is 0 Å². The van der Waals surface area contributed by atoms with E-state index in [1.165, 1.54) is 31.5 Å². The maximum absolute atomic E-state index is 5.61. The van der Waals surface area contributed by atoms with E-state index in [4.69, 9.17) is 5.73 Å². The second kappa shape index (κ2) is 4.80. The number of hydrogen-bond donors (Lipinski definition) is 1. The fourth-order valence-corrected chi connectivity index (χ4v) is 3.36. The van der Waals surface area contributed by atoms with Crippen LogP contribution in [0.25, 0.3) is 0 Å². The van der Waals surface area contributed by atoms with Crippen molar-refractivity contribution in [3.05, 3.63) is 18.1 Å². The van der Waals surface area contributed by atoms with Crippen LogP contribution in [0, 0.1) is 0 Å². The van der Waals surface area contributed by atoms with Crippen LogP contribution in [-0.2, 0) is 6.54 Å². The molecule has 0 aliphatic heterocycles. The molecule has 2 saturated carbocycles. The molecule has 0 aromatic carbocycles. The standard InChI is InChI=1S/C13H18N6S/c14-11-5-6-18(17-11)7-8-20-13-16-15-12(9-1-2-9)19(13)10-3-4-10/h5-6,9-10H,1-4,7-8H2,(H2,14,17). The highest BCUT2D eigenvalue weighted by Gasteiger charge is 2.36. The molecule has 0 radical (unpaired) electrons. The first-order chi connectivity index (χ1) is 9.81. The number of anilines is 1. The van der Waals surface area contributed by atoms with Crippen molar-refractivity contribution in [1.82, 2.24) is 24.5 Å². The van der Waals surface area contributed by atoms with Crippen molar-refractivity contribution in [3.63, 3.8) is 0 Å². The molecule has 2 aromatic heterocycles. The van der Waals surface area contributed by atoms with Gasteiger partial charge in [0.2, 0.25) is 0 Å². The van der Waals surface area contributed by atoms with Crippen molar-refractivity contribution in [2.24, 2.45) is 0 Å². The number of thioether (sulfide) groups is 1. The third kappa shape index (κ3) is 2.42.